The third-order valence-electron chi connectivity index (χ3n) is 5.50. The lowest BCUT2D eigenvalue weighted by Crippen LogP contribution is -2.35. The van der Waals surface area contributed by atoms with Crippen LogP contribution in [0.4, 0.5) is 5.69 Å². The molecule has 1 aliphatic rings. The van der Waals surface area contributed by atoms with Crippen LogP contribution in [0.3, 0.4) is 0 Å². The zero-order valence-electron chi connectivity index (χ0n) is 19.9. The lowest BCUT2D eigenvalue weighted by atomic mass is 10.0. The number of hydrogen-bond acceptors (Lipinski definition) is 4. The van der Waals surface area contributed by atoms with Gasteiger partial charge in [-0.2, -0.15) is 0 Å². The average Bonchev–Trinajstić information content (AvgIpc) is 3.13. The van der Waals surface area contributed by atoms with Gasteiger partial charge in [-0.05, 0) is 61.7 Å². The van der Waals surface area contributed by atoms with E-state index >= 15 is 0 Å². The number of nitrogens with one attached hydrogen (secondary N) is 1. The molecule has 1 saturated heterocycles. The summed E-state index contributed by atoms with van der Waals surface area (Å²) in [4.78, 5) is 25.6. The zero-order valence-corrected chi connectivity index (χ0v) is 19.9. The zero-order chi connectivity index (χ0) is 24.8. The molecule has 0 spiro atoms. The summed E-state index contributed by atoms with van der Waals surface area (Å²) >= 11 is 0. The fraction of sp³-hybridized carbons (Fsp3) is 0.172. The van der Waals surface area contributed by atoms with Crippen molar-refractivity contribution < 1.29 is 19.1 Å². The Labute approximate surface area is 205 Å². The van der Waals surface area contributed by atoms with E-state index in [9.17, 15) is 9.59 Å². The highest BCUT2D eigenvalue weighted by molar-refractivity contribution is 6.31. The summed E-state index contributed by atoms with van der Waals surface area (Å²) in [5.41, 5.74) is 7.01. The third kappa shape index (κ3) is 5.44. The Bertz CT molecular complexity index is 1280. The van der Waals surface area contributed by atoms with Crippen molar-refractivity contribution in [3.8, 4) is 11.5 Å². The Morgan fingerprint density at radius 3 is 2.51 bits per heavy atom. The fourth-order valence-electron chi connectivity index (χ4n) is 3.94. The Morgan fingerprint density at radius 2 is 1.80 bits per heavy atom. The van der Waals surface area contributed by atoms with Crippen LogP contribution in [0.1, 0.15) is 29.2 Å². The van der Waals surface area contributed by atoms with E-state index in [1.807, 2.05) is 56.3 Å². The first-order valence-electron chi connectivity index (χ1n) is 11.5. The molecule has 1 fully saturated rings. The molecule has 4 rings (SSSR count). The summed E-state index contributed by atoms with van der Waals surface area (Å²) in [5.74, 6) is 0.312. The molecule has 35 heavy (non-hydrogen) atoms. The molecule has 6 nitrogen and oxygen atoms in total. The van der Waals surface area contributed by atoms with Crippen molar-refractivity contribution in [1.82, 2.24) is 5.43 Å². The van der Waals surface area contributed by atoms with E-state index in [4.69, 9.17) is 9.47 Å². The predicted molar refractivity (Wildman–Crippen MR) is 137 cm³/mol. The largest absolute Gasteiger partial charge is 0.490 e. The van der Waals surface area contributed by atoms with Crippen LogP contribution in [0.25, 0.3) is 6.08 Å². The molecule has 0 saturated carbocycles. The van der Waals surface area contributed by atoms with Crippen LogP contribution in [0.15, 0.2) is 85.0 Å². The number of amides is 2. The number of hydrazine groups is 1. The van der Waals surface area contributed by atoms with Gasteiger partial charge in [-0.15, -0.1) is 6.58 Å². The molecule has 0 bridgehead atoms. The van der Waals surface area contributed by atoms with Crippen LogP contribution in [0, 0.1) is 6.92 Å². The van der Waals surface area contributed by atoms with E-state index in [0.29, 0.717) is 42.4 Å². The highest BCUT2D eigenvalue weighted by Gasteiger charge is 2.34. The highest BCUT2D eigenvalue weighted by Crippen LogP contribution is 2.36. The van der Waals surface area contributed by atoms with Crippen molar-refractivity contribution in [2.45, 2.75) is 26.9 Å². The third-order valence-corrected chi connectivity index (χ3v) is 5.50. The molecule has 3 aromatic rings. The van der Waals surface area contributed by atoms with Crippen LogP contribution in [0.2, 0.25) is 0 Å². The summed E-state index contributed by atoms with van der Waals surface area (Å²) in [6, 6.07) is 20.8. The Kier molecular flexibility index (Phi) is 7.31. The molecule has 1 aliphatic heterocycles. The maximum atomic E-state index is 13.0. The second-order valence-electron chi connectivity index (χ2n) is 8.19. The molecule has 0 aromatic heterocycles. The van der Waals surface area contributed by atoms with Crippen LogP contribution >= 0.6 is 0 Å². The van der Waals surface area contributed by atoms with Gasteiger partial charge in [0, 0.05) is 5.56 Å². The van der Waals surface area contributed by atoms with Gasteiger partial charge in [0.25, 0.3) is 11.8 Å². The molecule has 2 amide bonds. The van der Waals surface area contributed by atoms with E-state index in [0.717, 1.165) is 16.7 Å². The predicted octanol–water partition coefficient (Wildman–Crippen LogP) is 5.16. The van der Waals surface area contributed by atoms with Crippen molar-refractivity contribution in [3.63, 3.8) is 0 Å². The minimum atomic E-state index is -0.457. The second-order valence-corrected chi connectivity index (χ2v) is 8.19. The molecule has 3 aromatic carbocycles. The van der Waals surface area contributed by atoms with Crippen molar-refractivity contribution in [2.24, 2.45) is 0 Å². The van der Waals surface area contributed by atoms with Gasteiger partial charge >= 0.3 is 0 Å². The monoisotopic (exact) mass is 468 g/mol. The van der Waals surface area contributed by atoms with Crippen molar-refractivity contribution in [3.05, 3.63) is 107 Å². The van der Waals surface area contributed by atoms with Crippen molar-refractivity contribution in [2.75, 3.05) is 11.6 Å². The van der Waals surface area contributed by atoms with E-state index in [1.54, 1.807) is 30.4 Å². The molecule has 0 aliphatic carbocycles. The summed E-state index contributed by atoms with van der Waals surface area (Å²) in [6.07, 6.45) is 3.91. The number of anilines is 1. The summed E-state index contributed by atoms with van der Waals surface area (Å²) in [5, 5.41) is 1.25. The maximum absolute atomic E-state index is 13.0. The van der Waals surface area contributed by atoms with Gasteiger partial charge in [-0.3, -0.25) is 15.0 Å². The summed E-state index contributed by atoms with van der Waals surface area (Å²) in [6.45, 7) is 8.63. The fourth-order valence-corrected chi connectivity index (χ4v) is 3.94. The van der Waals surface area contributed by atoms with Gasteiger partial charge in [0.15, 0.2) is 11.5 Å². The number of carbonyl (C=O) groups is 2. The molecule has 1 N–H and O–H groups in total. The van der Waals surface area contributed by atoms with Crippen LogP contribution in [-0.2, 0) is 22.6 Å². The average molecular weight is 469 g/mol. The number of aryl methyl sites for hydroxylation is 1. The normalized spacial score (nSPS) is 14.2. The molecule has 178 valence electrons. The van der Waals surface area contributed by atoms with Gasteiger partial charge < -0.3 is 9.47 Å². The number of benzene rings is 3. The Hall–Kier alpha value is -4.32. The number of allylic oxidation sites excluding steroid dienone is 1. The van der Waals surface area contributed by atoms with Gasteiger partial charge in [-0.1, -0.05) is 54.1 Å². The lowest BCUT2D eigenvalue weighted by Gasteiger charge is -2.17. The number of para-hydroxylation sites is 1. The number of nitrogens with zero attached hydrogens (tertiary/aromatic N) is 1. The number of ether oxygens (including phenoxy) is 2. The van der Waals surface area contributed by atoms with Crippen LogP contribution in [-0.4, -0.2) is 18.4 Å². The number of rotatable bonds is 9. The molecule has 6 heteroatoms. The van der Waals surface area contributed by atoms with Crippen LogP contribution < -0.4 is 19.9 Å². The molecule has 0 atom stereocenters. The summed E-state index contributed by atoms with van der Waals surface area (Å²) < 4.78 is 12.1. The Balaban J connectivity index is 1.67. The van der Waals surface area contributed by atoms with Crippen LogP contribution in [0.5, 0.6) is 11.5 Å². The summed E-state index contributed by atoms with van der Waals surface area (Å²) in [7, 11) is 0. The lowest BCUT2D eigenvalue weighted by molar-refractivity contribution is -0.117. The number of hydrogen-bond donors (Lipinski definition) is 1. The highest BCUT2D eigenvalue weighted by atomic mass is 16.5. The SMILES string of the molecule is C=CCc1cc(C=C2C(=O)NN(c3ccccc3)C2=O)cc(OCC)c1OCc1cccc(C)c1. The first-order valence-corrected chi connectivity index (χ1v) is 11.5. The quantitative estimate of drug-likeness (QED) is 0.268. The first kappa shape index (κ1) is 23.8. The van der Waals surface area contributed by atoms with E-state index in [1.165, 1.54) is 5.01 Å². The molecular weight excluding hydrogens is 440 g/mol. The van der Waals surface area contributed by atoms with Crippen molar-refractivity contribution in [1.29, 1.82) is 0 Å². The van der Waals surface area contributed by atoms with Gasteiger partial charge in [-0.25, -0.2) is 5.01 Å². The van der Waals surface area contributed by atoms with E-state index in [-0.39, 0.29) is 5.57 Å². The van der Waals surface area contributed by atoms with Crippen molar-refractivity contribution >= 4 is 23.6 Å². The standard InChI is InChI=1S/C29H28N2O4/c1-4-10-23-16-22(17-25-28(32)30-31(29(25)33)24-13-7-6-8-14-24)18-26(34-5-2)27(23)35-19-21-12-9-11-20(3)15-21/h4,6-9,11-18H,1,5,10,19H2,2-3H3,(H,30,32). The minimum absolute atomic E-state index is 0.0503. The molecular formula is C29H28N2O4. The van der Waals surface area contributed by atoms with E-state index < -0.39 is 11.8 Å². The van der Waals surface area contributed by atoms with Gasteiger partial charge in [0.05, 0.1) is 12.3 Å². The maximum Gasteiger partial charge on any atom is 0.282 e. The molecule has 1 heterocycles. The first-order chi connectivity index (χ1) is 17.0. The van der Waals surface area contributed by atoms with E-state index in [2.05, 4.69) is 18.1 Å². The molecule has 0 unspecified atom stereocenters. The van der Waals surface area contributed by atoms with Gasteiger partial charge in [0.1, 0.15) is 12.2 Å². The number of carbonyl (C=O) groups excluding carboxylic acids is 2. The molecule has 0 radical (unpaired) electrons. The Morgan fingerprint density at radius 1 is 1.00 bits per heavy atom. The minimum Gasteiger partial charge on any atom is -0.490 e. The second kappa shape index (κ2) is 10.7. The van der Waals surface area contributed by atoms with Gasteiger partial charge in [0.2, 0.25) is 0 Å². The smallest absolute Gasteiger partial charge is 0.282 e. The topological polar surface area (TPSA) is 67.9 Å².